The Bertz CT molecular complexity index is 1180. The van der Waals surface area contributed by atoms with Crippen molar-refractivity contribution in [2.45, 2.75) is 11.4 Å². The number of hydrogen-bond donors (Lipinski definition) is 1. The van der Waals surface area contributed by atoms with Gasteiger partial charge in [0.2, 0.25) is 0 Å². The molecule has 0 aliphatic carbocycles. The predicted octanol–water partition coefficient (Wildman–Crippen LogP) is 4.16. The van der Waals surface area contributed by atoms with E-state index in [2.05, 4.69) is 5.32 Å². The number of nitrogens with zero attached hydrogens (tertiary/aromatic N) is 2. The lowest BCUT2D eigenvalue weighted by Crippen LogP contribution is -2.27. The Balaban J connectivity index is 1.75. The second kappa shape index (κ2) is 9.41. The van der Waals surface area contributed by atoms with Crippen LogP contribution in [0.2, 0.25) is 5.02 Å². The van der Waals surface area contributed by atoms with Crippen LogP contribution >= 0.6 is 11.6 Å². The summed E-state index contributed by atoms with van der Waals surface area (Å²) in [6.45, 7) is 0.339. The molecule has 1 amide bonds. The standard InChI is InChI=1S/C23H24ClN3O3S/c1-26(2)20-12-10-17(11-13-20)16-25-23(28)18-6-4-9-22(14-18)31(29,30)27(3)21-8-5-7-19(24)15-21/h4-15H,16H2,1-3H3,(H,25,28). The summed E-state index contributed by atoms with van der Waals surface area (Å²) in [6, 6.07) is 20.4. The maximum atomic E-state index is 13.0. The van der Waals surface area contributed by atoms with E-state index in [1.807, 2.05) is 43.3 Å². The van der Waals surface area contributed by atoms with Crippen molar-refractivity contribution < 1.29 is 13.2 Å². The topological polar surface area (TPSA) is 69.7 Å². The van der Waals surface area contributed by atoms with Gasteiger partial charge in [-0.05, 0) is 54.1 Å². The Kier molecular flexibility index (Phi) is 6.87. The van der Waals surface area contributed by atoms with Crippen LogP contribution in [-0.2, 0) is 16.6 Å². The summed E-state index contributed by atoms with van der Waals surface area (Å²) in [5.74, 6) is -0.348. The van der Waals surface area contributed by atoms with Gasteiger partial charge in [0, 0.05) is 44.0 Å². The van der Waals surface area contributed by atoms with Crippen LogP contribution in [0.1, 0.15) is 15.9 Å². The summed E-state index contributed by atoms with van der Waals surface area (Å²) >= 11 is 5.98. The molecule has 162 valence electrons. The first-order valence-electron chi connectivity index (χ1n) is 9.57. The van der Waals surface area contributed by atoms with Gasteiger partial charge in [0.25, 0.3) is 15.9 Å². The Labute approximate surface area is 188 Å². The molecule has 0 atom stereocenters. The molecule has 0 bridgehead atoms. The molecule has 3 rings (SSSR count). The van der Waals surface area contributed by atoms with Crippen molar-refractivity contribution in [3.63, 3.8) is 0 Å². The molecule has 0 spiro atoms. The lowest BCUT2D eigenvalue weighted by atomic mass is 10.1. The first-order chi connectivity index (χ1) is 14.7. The molecule has 0 saturated carbocycles. The molecule has 0 unspecified atom stereocenters. The summed E-state index contributed by atoms with van der Waals surface area (Å²) in [6.07, 6.45) is 0. The second-order valence-corrected chi connectivity index (χ2v) is 9.63. The molecule has 8 heteroatoms. The van der Waals surface area contributed by atoms with Gasteiger partial charge in [-0.3, -0.25) is 9.10 Å². The number of carbonyl (C=O) groups excluding carboxylic acids is 1. The van der Waals surface area contributed by atoms with Gasteiger partial charge < -0.3 is 10.2 Å². The molecule has 0 aliphatic rings. The van der Waals surface area contributed by atoms with Crippen molar-refractivity contribution in [3.8, 4) is 0 Å². The highest BCUT2D eigenvalue weighted by Crippen LogP contribution is 2.25. The molecular formula is C23H24ClN3O3S. The number of sulfonamides is 1. The van der Waals surface area contributed by atoms with Crippen LogP contribution in [0, 0.1) is 0 Å². The quantitative estimate of drug-likeness (QED) is 0.578. The highest BCUT2D eigenvalue weighted by atomic mass is 35.5. The zero-order chi connectivity index (χ0) is 22.6. The number of carbonyl (C=O) groups is 1. The molecule has 6 nitrogen and oxygen atoms in total. The third-order valence-electron chi connectivity index (χ3n) is 4.83. The lowest BCUT2D eigenvalue weighted by molar-refractivity contribution is 0.0950. The van der Waals surface area contributed by atoms with Crippen molar-refractivity contribution in [2.24, 2.45) is 0 Å². The van der Waals surface area contributed by atoms with E-state index in [9.17, 15) is 13.2 Å². The zero-order valence-corrected chi connectivity index (χ0v) is 19.1. The van der Waals surface area contributed by atoms with E-state index >= 15 is 0 Å². The maximum Gasteiger partial charge on any atom is 0.264 e. The predicted molar refractivity (Wildman–Crippen MR) is 125 cm³/mol. The molecule has 1 N–H and O–H groups in total. The molecule has 0 heterocycles. The average Bonchev–Trinajstić information content (AvgIpc) is 2.77. The minimum absolute atomic E-state index is 0.0259. The molecule has 31 heavy (non-hydrogen) atoms. The molecule has 0 saturated heterocycles. The Morgan fingerprint density at radius 1 is 0.903 bits per heavy atom. The Morgan fingerprint density at radius 3 is 2.23 bits per heavy atom. The van der Waals surface area contributed by atoms with Crippen LogP contribution in [-0.4, -0.2) is 35.5 Å². The van der Waals surface area contributed by atoms with Crippen molar-refractivity contribution in [3.05, 3.63) is 88.9 Å². The number of hydrogen-bond acceptors (Lipinski definition) is 4. The van der Waals surface area contributed by atoms with Crippen molar-refractivity contribution in [1.29, 1.82) is 0 Å². The number of anilines is 2. The average molecular weight is 458 g/mol. The second-order valence-electron chi connectivity index (χ2n) is 7.22. The van der Waals surface area contributed by atoms with E-state index in [1.165, 1.54) is 19.2 Å². The highest BCUT2D eigenvalue weighted by Gasteiger charge is 2.22. The van der Waals surface area contributed by atoms with Crippen LogP contribution < -0.4 is 14.5 Å². The van der Waals surface area contributed by atoms with Crippen molar-refractivity contribution >= 4 is 38.9 Å². The number of benzene rings is 3. The molecular weight excluding hydrogens is 434 g/mol. The zero-order valence-electron chi connectivity index (χ0n) is 17.5. The SMILES string of the molecule is CN(C)c1ccc(CNC(=O)c2cccc(S(=O)(=O)N(C)c3cccc(Cl)c3)c2)cc1. The summed E-state index contributed by atoms with van der Waals surface area (Å²) in [7, 11) is 1.51. The van der Waals surface area contributed by atoms with Gasteiger partial charge in [0.05, 0.1) is 10.6 Å². The molecule has 0 fully saturated rings. The Morgan fingerprint density at radius 2 is 1.58 bits per heavy atom. The number of amides is 1. The summed E-state index contributed by atoms with van der Waals surface area (Å²) in [4.78, 5) is 14.6. The van der Waals surface area contributed by atoms with E-state index in [0.29, 0.717) is 17.3 Å². The highest BCUT2D eigenvalue weighted by molar-refractivity contribution is 7.92. The van der Waals surface area contributed by atoms with E-state index in [-0.39, 0.29) is 16.4 Å². The summed E-state index contributed by atoms with van der Waals surface area (Å²) in [5, 5.41) is 3.27. The number of nitrogens with one attached hydrogen (secondary N) is 1. The van der Waals surface area contributed by atoms with Gasteiger partial charge in [0.15, 0.2) is 0 Å². The fourth-order valence-electron chi connectivity index (χ4n) is 2.96. The lowest BCUT2D eigenvalue weighted by Gasteiger charge is -2.20. The van der Waals surface area contributed by atoms with Crippen molar-refractivity contribution in [2.75, 3.05) is 30.3 Å². The normalized spacial score (nSPS) is 11.1. The van der Waals surface area contributed by atoms with Crippen LogP contribution in [0.15, 0.2) is 77.7 Å². The van der Waals surface area contributed by atoms with E-state index < -0.39 is 10.0 Å². The van der Waals surface area contributed by atoms with Gasteiger partial charge in [-0.25, -0.2) is 8.42 Å². The first kappa shape index (κ1) is 22.7. The maximum absolute atomic E-state index is 13.0. The van der Waals surface area contributed by atoms with Gasteiger partial charge in [-0.2, -0.15) is 0 Å². The number of rotatable bonds is 7. The van der Waals surface area contributed by atoms with E-state index in [0.717, 1.165) is 15.6 Å². The third-order valence-corrected chi connectivity index (χ3v) is 6.85. The minimum atomic E-state index is -3.85. The van der Waals surface area contributed by atoms with Crippen LogP contribution in [0.5, 0.6) is 0 Å². The molecule has 0 aliphatic heterocycles. The first-order valence-corrected chi connectivity index (χ1v) is 11.4. The summed E-state index contributed by atoms with van der Waals surface area (Å²) in [5.41, 5.74) is 2.72. The molecule has 0 aromatic heterocycles. The van der Waals surface area contributed by atoms with Gasteiger partial charge in [-0.15, -0.1) is 0 Å². The van der Waals surface area contributed by atoms with Crippen LogP contribution in [0.25, 0.3) is 0 Å². The van der Waals surface area contributed by atoms with Crippen molar-refractivity contribution in [1.82, 2.24) is 5.32 Å². The monoisotopic (exact) mass is 457 g/mol. The third kappa shape index (κ3) is 5.37. The smallest absolute Gasteiger partial charge is 0.264 e. The van der Waals surface area contributed by atoms with E-state index in [4.69, 9.17) is 11.6 Å². The van der Waals surface area contributed by atoms with Crippen LogP contribution in [0.4, 0.5) is 11.4 Å². The Hall–Kier alpha value is -3.03. The molecule has 3 aromatic carbocycles. The van der Waals surface area contributed by atoms with Crippen LogP contribution in [0.3, 0.4) is 0 Å². The van der Waals surface area contributed by atoms with Gasteiger partial charge in [-0.1, -0.05) is 35.9 Å². The fraction of sp³-hybridized carbons (Fsp3) is 0.174. The molecule has 0 radical (unpaired) electrons. The fourth-order valence-corrected chi connectivity index (χ4v) is 4.38. The van der Waals surface area contributed by atoms with Gasteiger partial charge in [0.1, 0.15) is 0 Å². The summed E-state index contributed by atoms with van der Waals surface area (Å²) < 4.78 is 27.2. The molecule has 3 aromatic rings. The minimum Gasteiger partial charge on any atom is -0.378 e. The number of halogens is 1. The largest absolute Gasteiger partial charge is 0.378 e. The van der Waals surface area contributed by atoms with Gasteiger partial charge >= 0.3 is 0 Å². The van der Waals surface area contributed by atoms with E-state index in [1.54, 1.807) is 36.4 Å².